The smallest absolute Gasteiger partial charge is 0.144 e. The molecular formula is C9H13Br2NO. The van der Waals surface area contributed by atoms with Crippen LogP contribution >= 0.6 is 31.9 Å². The summed E-state index contributed by atoms with van der Waals surface area (Å²) in [4.78, 5) is 2.85. The number of nitrogens with zero attached hydrogens (tertiary/aromatic N) is 1. The molecule has 0 aromatic rings. The van der Waals surface area contributed by atoms with Gasteiger partial charge in [0.05, 0.1) is 9.65 Å². The summed E-state index contributed by atoms with van der Waals surface area (Å²) in [6, 6.07) is 1.25. The monoisotopic (exact) mass is 309 g/mol. The molecule has 3 aliphatic heterocycles. The van der Waals surface area contributed by atoms with Crippen molar-refractivity contribution >= 4 is 31.9 Å². The van der Waals surface area contributed by atoms with Gasteiger partial charge in [0.2, 0.25) is 0 Å². The van der Waals surface area contributed by atoms with Crippen LogP contribution in [0.4, 0.5) is 0 Å². The molecule has 0 aromatic heterocycles. The van der Waals surface area contributed by atoms with E-state index in [0.29, 0.717) is 12.1 Å². The molecule has 3 fully saturated rings. The number of halogens is 2. The predicted molar refractivity (Wildman–Crippen MR) is 58.3 cm³/mol. The average Bonchev–Trinajstić information content (AvgIpc) is 2.63. The Kier molecular flexibility index (Phi) is 1.91. The summed E-state index contributed by atoms with van der Waals surface area (Å²) in [7, 11) is 0. The van der Waals surface area contributed by atoms with Crippen molar-refractivity contribution in [1.82, 2.24) is 4.90 Å². The van der Waals surface area contributed by atoms with Crippen LogP contribution in [0.3, 0.4) is 0 Å². The predicted octanol–water partition coefficient (Wildman–Crippen LogP) is 1.84. The Bertz CT molecular complexity index is 228. The molecule has 1 unspecified atom stereocenters. The lowest BCUT2D eigenvalue weighted by atomic mass is 10.1. The number of hydrogen-bond acceptors (Lipinski definition) is 2. The van der Waals surface area contributed by atoms with Crippen molar-refractivity contribution in [2.75, 3.05) is 0 Å². The van der Waals surface area contributed by atoms with Crippen molar-refractivity contribution in [3.8, 4) is 0 Å². The van der Waals surface area contributed by atoms with Gasteiger partial charge in [-0.15, -0.1) is 0 Å². The van der Waals surface area contributed by atoms with E-state index in [1.165, 1.54) is 12.8 Å². The van der Waals surface area contributed by atoms with Gasteiger partial charge in [0, 0.05) is 12.1 Å². The van der Waals surface area contributed by atoms with Crippen LogP contribution < -0.4 is 0 Å². The molecule has 4 heteroatoms. The van der Waals surface area contributed by atoms with Crippen LogP contribution in [0.1, 0.15) is 25.7 Å². The molecule has 0 bridgehead atoms. The molecular weight excluding hydrogens is 298 g/mol. The van der Waals surface area contributed by atoms with Crippen LogP contribution in [0.2, 0.25) is 0 Å². The first kappa shape index (κ1) is 9.13. The zero-order valence-corrected chi connectivity index (χ0v) is 10.5. The minimum atomic E-state index is -0.605. The molecule has 3 aliphatic rings. The van der Waals surface area contributed by atoms with Gasteiger partial charge in [-0.3, -0.25) is 4.90 Å². The van der Waals surface area contributed by atoms with Crippen molar-refractivity contribution < 1.29 is 5.11 Å². The van der Waals surface area contributed by atoms with Crippen LogP contribution in [0.25, 0.3) is 0 Å². The van der Waals surface area contributed by atoms with Crippen LogP contribution in [-0.4, -0.2) is 37.5 Å². The van der Waals surface area contributed by atoms with Gasteiger partial charge < -0.3 is 5.11 Å². The van der Waals surface area contributed by atoms with Gasteiger partial charge in [-0.05, 0) is 25.7 Å². The second-order valence-corrected chi connectivity index (χ2v) is 6.69. The van der Waals surface area contributed by atoms with Gasteiger partial charge in [0.1, 0.15) is 5.72 Å². The summed E-state index contributed by atoms with van der Waals surface area (Å²) in [5, 5.41) is 10.6. The second-order valence-electron chi connectivity index (χ2n) is 4.48. The molecule has 13 heavy (non-hydrogen) atoms. The molecule has 0 aromatic carbocycles. The van der Waals surface area contributed by atoms with E-state index >= 15 is 0 Å². The summed E-state index contributed by atoms with van der Waals surface area (Å²) in [6.45, 7) is 0. The molecule has 1 N–H and O–H groups in total. The Hall–Kier alpha value is 0.880. The van der Waals surface area contributed by atoms with Gasteiger partial charge in [0.25, 0.3) is 0 Å². The Morgan fingerprint density at radius 3 is 2.00 bits per heavy atom. The fraction of sp³-hybridized carbons (Fsp3) is 1.00. The SMILES string of the molecule is OC12[C@H](Br)C[C@H]3CC[C@@H](C[C@@H]1Br)N32. The van der Waals surface area contributed by atoms with Gasteiger partial charge >= 0.3 is 0 Å². The van der Waals surface area contributed by atoms with Crippen LogP contribution in [0, 0.1) is 0 Å². The summed E-state index contributed by atoms with van der Waals surface area (Å²) >= 11 is 7.24. The quantitative estimate of drug-likeness (QED) is 0.690. The van der Waals surface area contributed by atoms with Gasteiger partial charge in [0.15, 0.2) is 0 Å². The molecule has 0 aliphatic carbocycles. The van der Waals surface area contributed by atoms with Crippen molar-refractivity contribution in [3.05, 3.63) is 0 Å². The number of aliphatic hydroxyl groups is 1. The van der Waals surface area contributed by atoms with E-state index in [-0.39, 0.29) is 9.65 Å². The van der Waals surface area contributed by atoms with Crippen LogP contribution in [-0.2, 0) is 0 Å². The maximum atomic E-state index is 10.6. The molecule has 0 amide bonds. The van der Waals surface area contributed by atoms with E-state index in [2.05, 4.69) is 36.8 Å². The highest BCUT2D eigenvalue weighted by molar-refractivity contribution is 9.10. The Morgan fingerprint density at radius 2 is 1.54 bits per heavy atom. The Morgan fingerprint density at radius 1 is 1.08 bits per heavy atom. The number of hydrogen-bond donors (Lipinski definition) is 1. The topological polar surface area (TPSA) is 23.5 Å². The third kappa shape index (κ3) is 0.959. The Labute approximate surface area is 94.9 Å². The average molecular weight is 311 g/mol. The minimum Gasteiger partial charge on any atom is -0.373 e. The normalized spacial score (nSPS) is 60.2. The Balaban J connectivity index is 2.03. The molecule has 3 heterocycles. The number of rotatable bonds is 0. The minimum absolute atomic E-state index is 0.250. The lowest BCUT2D eigenvalue weighted by molar-refractivity contribution is -0.0571. The third-order valence-electron chi connectivity index (χ3n) is 3.91. The highest BCUT2D eigenvalue weighted by Gasteiger charge is 2.63. The van der Waals surface area contributed by atoms with E-state index < -0.39 is 5.72 Å². The molecule has 2 nitrogen and oxygen atoms in total. The second kappa shape index (κ2) is 2.71. The molecule has 0 radical (unpaired) electrons. The zero-order valence-electron chi connectivity index (χ0n) is 7.29. The summed E-state index contributed by atoms with van der Waals surface area (Å²) < 4.78 is 0. The van der Waals surface area contributed by atoms with E-state index in [9.17, 15) is 5.11 Å². The van der Waals surface area contributed by atoms with Crippen molar-refractivity contribution in [2.24, 2.45) is 0 Å². The maximum Gasteiger partial charge on any atom is 0.144 e. The third-order valence-corrected chi connectivity index (χ3v) is 6.01. The first-order chi connectivity index (χ1) is 6.14. The van der Waals surface area contributed by atoms with Crippen molar-refractivity contribution in [2.45, 2.75) is 53.1 Å². The zero-order chi connectivity index (χ0) is 9.22. The van der Waals surface area contributed by atoms with Gasteiger partial charge in [-0.25, -0.2) is 0 Å². The van der Waals surface area contributed by atoms with E-state index in [1.54, 1.807) is 0 Å². The van der Waals surface area contributed by atoms with Crippen molar-refractivity contribution in [1.29, 1.82) is 0 Å². The highest BCUT2D eigenvalue weighted by Crippen LogP contribution is 2.54. The van der Waals surface area contributed by atoms with E-state index in [1.807, 2.05) is 0 Å². The summed E-state index contributed by atoms with van der Waals surface area (Å²) in [5.74, 6) is 0. The largest absolute Gasteiger partial charge is 0.373 e. The summed E-state index contributed by atoms with van der Waals surface area (Å²) in [5.41, 5.74) is -0.605. The molecule has 74 valence electrons. The van der Waals surface area contributed by atoms with E-state index in [0.717, 1.165) is 12.8 Å². The van der Waals surface area contributed by atoms with Crippen LogP contribution in [0.15, 0.2) is 0 Å². The summed E-state index contributed by atoms with van der Waals surface area (Å²) in [6.07, 6.45) is 4.76. The standard InChI is InChI=1S/C9H13Br2NO/c10-7-3-5-1-2-6-4-8(11)9(7,13)12(5)6/h5-8,13H,1-4H2/t5-,6+,7-,8+,9?. The van der Waals surface area contributed by atoms with Crippen molar-refractivity contribution in [3.63, 3.8) is 0 Å². The van der Waals surface area contributed by atoms with E-state index in [4.69, 9.17) is 0 Å². The molecule has 0 saturated carbocycles. The molecule has 0 spiro atoms. The maximum absolute atomic E-state index is 10.6. The highest BCUT2D eigenvalue weighted by atomic mass is 79.9. The van der Waals surface area contributed by atoms with Crippen LogP contribution in [0.5, 0.6) is 0 Å². The lowest BCUT2D eigenvalue weighted by Crippen LogP contribution is -2.50. The fourth-order valence-corrected chi connectivity index (χ4v) is 5.68. The first-order valence-corrected chi connectivity index (χ1v) is 6.76. The molecule has 5 atom stereocenters. The molecule has 3 rings (SSSR count). The van der Waals surface area contributed by atoms with Gasteiger partial charge in [-0.2, -0.15) is 0 Å². The molecule has 3 saturated heterocycles. The lowest BCUT2D eigenvalue weighted by Gasteiger charge is -2.33. The first-order valence-electron chi connectivity index (χ1n) is 4.93. The van der Waals surface area contributed by atoms with Gasteiger partial charge in [-0.1, -0.05) is 31.9 Å². The fourth-order valence-electron chi connectivity index (χ4n) is 3.35. The number of alkyl halides is 2.